The molecule has 3 aromatic carbocycles. The summed E-state index contributed by atoms with van der Waals surface area (Å²) in [5, 5.41) is 18.8. The van der Waals surface area contributed by atoms with Crippen LogP contribution in [-0.4, -0.2) is 47.4 Å². The largest absolute Gasteiger partial charge is 0.506 e. The predicted molar refractivity (Wildman–Crippen MR) is 127 cm³/mol. The molecule has 8 nitrogen and oxygen atoms in total. The summed E-state index contributed by atoms with van der Waals surface area (Å²) >= 11 is 17.5. The van der Waals surface area contributed by atoms with Gasteiger partial charge in [0.15, 0.2) is 11.9 Å². The number of benzene rings is 3. The number of hydrogen-bond donors (Lipinski definition) is 2. The van der Waals surface area contributed by atoms with E-state index in [-0.39, 0.29) is 43.3 Å². The lowest BCUT2D eigenvalue weighted by molar-refractivity contribution is -0.0253. The van der Waals surface area contributed by atoms with Crippen LogP contribution in [0.3, 0.4) is 0 Å². The van der Waals surface area contributed by atoms with Crippen LogP contribution in [-0.2, 0) is 14.2 Å². The molecular weight excluding hydrogens is 523 g/mol. The lowest BCUT2D eigenvalue weighted by atomic mass is 10.2. The summed E-state index contributed by atoms with van der Waals surface area (Å²) in [5.74, 6) is -3.01. The van der Waals surface area contributed by atoms with Gasteiger partial charge >= 0.3 is 17.9 Å². The number of hydrogen-bond acceptors (Lipinski definition) is 8. The molecule has 1 atom stereocenters. The molecule has 35 heavy (non-hydrogen) atoms. The van der Waals surface area contributed by atoms with Crippen molar-refractivity contribution < 1.29 is 38.8 Å². The number of carbonyl (C=O) groups excluding carboxylic acids is 3. The summed E-state index contributed by atoms with van der Waals surface area (Å²) in [6, 6.07) is 14.1. The Morgan fingerprint density at radius 2 is 1.23 bits per heavy atom. The molecule has 1 unspecified atom stereocenters. The lowest BCUT2D eigenvalue weighted by Crippen LogP contribution is -2.31. The Kier molecular flexibility index (Phi) is 8.81. The molecular formula is C24H17Cl3O8. The van der Waals surface area contributed by atoms with Gasteiger partial charge in [0.25, 0.3) is 0 Å². The Labute approximate surface area is 214 Å². The average molecular weight is 540 g/mol. The quantitative estimate of drug-likeness (QED) is 0.292. The van der Waals surface area contributed by atoms with Crippen molar-refractivity contribution in [3.8, 4) is 11.5 Å². The molecule has 0 amide bonds. The van der Waals surface area contributed by atoms with Crippen molar-refractivity contribution in [2.45, 2.75) is 6.10 Å². The van der Waals surface area contributed by atoms with Crippen molar-refractivity contribution in [2.24, 2.45) is 0 Å². The number of rotatable bonds is 8. The van der Waals surface area contributed by atoms with Crippen molar-refractivity contribution in [3.05, 3.63) is 92.4 Å². The molecule has 0 fully saturated rings. The summed E-state index contributed by atoms with van der Waals surface area (Å²) in [6.07, 6.45) is -1.17. The van der Waals surface area contributed by atoms with Crippen LogP contribution in [0.5, 0.6) is 11.5 Å². The molecule has 3 aromatic rings. The maximum Gasteiger partial charge on any atom is 0.338 e. The van der Waals surface area contributed by atoms with Crippen molar-refractivity contribution in [1.82, 2.24) is 0 Å². The molecule has 0 aliphatic heterocycles. The summed E-state index contributed by atoms with van der Waals surface area (Å²) in [7, 11) is 0. The highest BCUT2D eigenvalue weighted by Crippen LogP contribution is 2.33. The van der Waals surface area contributed by atoms with E-state index < -0.39 is 37.2 Å². The van der Waals surface area contributed by atoms with Gasteiger partial charge < -0.3 is 24.4 Å². The molecule has 0 radical (unpaired) electrons. The number of phenols is 2. The number of aromatic hydroxyl groups is 2. The van der Waals surface area contributed by atoms with Crippen LogP contribution in [0.25, 0.3) is 0 Å². The molecule has 11 heteroatoms. The van der Waals surface area contributed by atoms with Gasteiger partial charge in [0.1, 0.15) is 19.0 Å². The molecule has 3 rings (SSSR count). The van der Waals surface area contributed by atoms with E-state index in [0.29, 0.717) is 0 Å². The van der Waals surface area contributed by atoms with Crippen molar-refractivity contribution in [1.29, 1.82) is 0 Å². The van der Waals surface area contributed by atoms with Gasteiger partial charge in [-0.3, -0.25) is 0 Å². The van der Waals surface area contributed by atoms with E-state index >= 15 is 0 Å². The minimum absolute atomic E-state index is 0.0475. The second-order valence-electron chi connectivity index (χ2n) is 7.04. The predicted octanol–water partition coefficient (Wildman–Crippen LogP) is 5.30. The molecule has 2 N–H and O–H groups in total. The topological polar surface area (TPSA) is 119 Å². The Morgan fingerprint density at radius 1 is 0.686 bits per heavy atom. The molecule has 182 valence electrons. The zero-order chi connectivity index (χ0) is 25.5. The normalized spacial score (nSPS) is 11.4. The number of halogens is 3. The van der Waals surface area contributed by atoms with Gasteiger partial charge in [-0.15, -0.1) is 0 Å². The van der Waals surface area contributed by atoms with E-state index in [0.717, 1.165) is 12.1 Å². The van der Waals surface area contributed by atoms with Gasteiger partial charge in [-0.25, -0.2) is 14.4 Å². The minimum atomic E-state index is -1.17. The third-order valence-electron chi connectivity index (χ3n) is 4.52. The molecule has 0 spiro atoms. The van der Waals surface area contributed by atoms with Crippen LogP contribution in [0, 0.1) is 0 Å². The smallest absolute Gasteiger partial charge is 0.338 e. The average Bonchev–Trinajstić information content (AvgIpc) is 2.85. The second kappa shape index (κ2) is 11.8. The highest BCUT2D eigenvalue weighted by atomic mass is 35.5. The van der Waals surface area contributed by atoms with Gasteiger partial charge in [-0.1, -0.05) is 53.0 Å². The van der Waals surface area contributed by atoms with Crippen molar-refractivity contribution in [3.63, 3.8) is 0 Å². The zero-order valence-electron chi connectivity index (χ0n) is 17.7. The summed E-state index contributed by atoms with van der Waals surface area (Å²) in [4.78, 5) is 37.3. The molecule has 0 aromatic heterocycles. The molecule has 0 aliphatic carbocycles. The Hall–Kier alpha value is -3.46. The summed E-state index contributed by atoms with van der Waals surface area (Å²) < 4.78 is 15.7. The third-order valence-corrected chi connectivity index (χ3v) is 5.40. The van der Waals surface area contributed by atoms with Crippen LogP contribution in [0.2, 0.25) is 15.1 Å². The van der Waals surface area contributed by atoms with E-state index in [1.165, 1.54) is 30.3 Å². The highest BCUT2D eigenvalue weighted by Gasteiger charge is 2.22. The first kappa shape index (κ1) is 26.2. The first-order valence-electron chi connectivity index (χ1n) is 9.92. The first-order valence-corrected chi connectivity index (χ1v) is 11.1. The Balaban J connectivity index is 1.70. The number of ether oxygens (including phenoxy) is 3. The fraction of sp³-hybridized carbons (Fsp3) is 0.125. The molecule has 0 saturated carbocycles. The zero-order valence-corrected chi connectivity index (χ0v) is 20.0. The van der Waals surface area contributed by atoms with E-state index in [2.05, 4.69) is 0 Å². The number of phenolic OH excluding ortho intramolecular Hbond substituents is 2. The van der Waals surface area contributed by atoms with Crippen LogP contribution in [0.15, 0.2) is 60.7 Å². The second-order valence-corrected chi connectivity index (χ2v) is 8.27. The van der Waals surface area contributed by atoms with Gasteiger partial charge in [0, 0.05) is 0 Å². The fourth-order valence-electron chi connectivity index (χ4n) is 2.73. The number of esters is 3. The van der Waals surface area contributed by atoms with E-state index in [1.54, 1.807) is 18.2 Å². The first-order chi connectivity index (χ1) is 16.7. The third kappa shape index (κ3) is 7.02. The lowest BCUT2D eigenvalue weighted by Gasteiger charge is -2.18. The monoisotopic (exact) mass is 538 g/mol. The Morgan fingerprint density at radius 3 is 1.80 bits per heavy atom. The summed E-state index contributed by atoms with van der Waals surface area (Å²) in [6.45, 7) is -0.933. The van der Waals surface area contributed by atoms with Crippen molar-refractivity contribution in [2.75, 3.05) is 13.2 Å². The maximum atomic E-state index is 12.5. The minimum Gasteiger partial charge on any atom is -0.506 e. The molecule has 0 heterocycles. The van der Waals surface area contributed by atoms with Gasteiger partial charge in [-0.2, -0.15) is 0 Å². The van der Waals surface area contributed by atoms with E-state index in [9.17, 15) is 24.6 Å². The molecule has 0 bridgehead atoms. The Bertz CT molecular complexity index is 1220. The van der Waals surface area contributed by atoms with Gasteiger partial charge in [0.2, 0.25) is 0 Å². The standard InChI is InChI=1S/C24H17Cl3O8/c25-17-8-14(6-7-20(17)28)22(30)33-11-16(35-24(32)13-4-2-1-3-5-13)12-34-23(31)15-9-18(26)21(29)19(27)10-15/h1-10,16,28-29H,11-12H2. The summed E-state index contributed by atoms with van der Waals surface area (Å²) in [5.41, 5.74) is 0.227. The highest BCUT2D eigenvalue weighted by molar-refractivity contribution is 6.37. The van der Waals surface area contributed by atoms with Crippen LogP contribution in [0.4, 0.5) is 0 Å². The molecule has 0 aliphatic rings. The number of carbonyl (C=O) groups is 3. The fourth-order valence-corrected chi connectivity index (χ4v) is 3.40. The van der Waals surface area contributed by atoms with Crippen LogP contribution >= 0.6 is 34.8 Å². The van der Waals surface area contributed by atoms with Crippen molar-refractivity contribution >= 4 is 52.7 Å². The van der Waals surface area contributed by atoms with E-state index in [4.69, 9.17) is 49.0 Å². The maximum absolute atomic E-state index is 12.5. The van der Waals surface area contributed by atoms with Crippen LogP contribution in [0.1, 0.15) is 31.1 Å². The van der Waals surface area contributed by atoms with Gasteiger partial charge in [-0.05, 0) is 42.5 Å². The van der Waals surface area contributed by atoms with Crippen LogP contribution < -0.4 is 0 Å². The van der Waals surface area contributed by atoms with E-state index in [1.807, 2.05) is 0 Å². The molecule has 0 saturated heterocycles. The van der Waals surface area contributed by atoms with Gasteiger partial charge in [0.05, 0.1) is 31.8 Å². The SMILES string of the molecule is O=C(OCC(COC(=O)c1cc(Cl)c(O)c(Cl)c1)OC(=O)c1ccccc1)c1ccc(O)c(Cl)c1.